The molecule has 122 valence electrons. The number of nitrogens with zero attached hydrogens (tertiary/aromatic N) is 2. The lowest BCUT2D eigenvalue weighted by Gasteiger charge is -1.99. The van der Waals surface area contributed by atoms with Crippen LogP contribution in [0.3, 0.4) is 0 Å². The summed E-state index contributed by atoms with van der Waals surface area (Å²) in [5.41, 5.74) is 4.72. The van der Waals surface area contributed by atoms with E-state index in [4.69, 9.17) is 0 Å². The minimum absolute atomic E-state index is 1.00. The summed E-state index contributed by atoms with van der Waals surface area (Å²) in [4.78, 5) is 0. The van der Waals surface area contributed by atoms with E-state index in [0.717, 1.165) is 36.8 Å². The molecule has 0 saturated heterocycles. The van der Waals surface area contributed by atoms with Crippen LogP contribution in [0.15, 0.2) is 84.0 Å². The average molecular weight is 316 g/mol. The highest BCUT2D eigenvalue weighted by Gasteiger charge is 1.93. The van der Waals surface area contributed by atoms with Gasteiger partial charge in [0, 0.05) is 0 Å². The Morgan fingerprint density at radius 1 is 0.625 bits per heavy atom. The molecule has 0 atom stereocenters. The third-order valence-corrected chi connectivity index (χ3v) is 3.71. The summed E-state index contributed by atoms with van der Waals surface area (Å²) in [6, 6.07) is 16.7. The summed E-state index contributed by atoms with van der Waals surface area (Å²) in [5.74, 6) is 0. The van der Waals surface area contributed by atoms with E-state index in [2.05, 4.69) is 71.9 Å². The van der Waals surface area contributed by atoms with E-state index in [-0.39, 0.29) is 0 Å². The summed E-state index contributed by atoms with van der Waals surface area (Å²) < 4.78 is 0. The molecule has 2 aromatic carbocycles. The van der Waals surface area contributed by atoms with Gasteiger partial charge in [-0.1, -0.05) is 60.7 Å². The second-order valence-electron chi connectivity index (χ2n) is 5.63. The Bertz CT molecular complexity index is 628. The molecule has 0 radical (unpaired) electrons. The van der Waals surface area contributed by atoms with Crippen LogP contribution in [0, 0.1) is 0 Å². The van der Waals surface area contributed by atoms with Gasteiger partial charge in [-0.2, -0.15) is 10.2 Å². The van der Waals surface area contributed by atoms with Gasteiger partial charge in [-0.05, 0) is 47.9 Å². The lowest BCUT2D eigenvalue weighted by molar-refractivity contribution is 1.00. The van der Waals surface area contributed by atoms with Crippen LogP contribution in [0.1, 0.15) is 35.1 Å². The number of allylic oxidation sites excluding steroid dienone is 2. The zero-order valence-electron chi connectivity index (χ0n) is 14.1. The van der Waals surface area contributed by atoms with Crippen LogP contribution in [-0.2, 0) is 12.8 Å². The van der Waals surface area contributed by atoms with Crippen molar-refractivity contribution in [3.05, 3.63) is 96.1 Å². The highest BCUT2D eigenvalue weighted by molar-refractivity contribution is 5.82. The monoisotopic (exact) mass is 316 g/mol. The molecule has 2 rings (SSSR count). The van der Waals surface area contributed by atoms with Crippen molar-refractivity contribution < 1.29 is 0 Å². The smallest absolute Gasteiger partial charge is 0.0568 e. The molecule has 0 bridgehead atoms. The van der Waals surface area contributed by atoms with E-state index in [1.165, 1.54) is 11.1 Å². The van der Waals surface area contributed by atoms with Crippen LogP contribution < -0.4 is 0 Å². The Kier molecular flexibility index (Phi) is 7.42. The summed E-state index contributed by atoms with van der Waals surface area (Å²) >= 11 is 0. The molecule has 0 aliphatic heterocycles. The third kappa shape index (κ3) is 6.17. The molecule has 0 amide bonds. The molecule has 2 nitrogen and oxygen atoms in total. The van der Waals surface area contributed by atoms with Crippen molar-refractivity contribution in [2.24, 2.45) is 10.2 Å². The fourth-order valence-electron chi connectivity index (χ4n) is 2.28. The predicted molar refractivity (Wildman–Crippen MR) is 105 cm³/mol. The van der Waals surface area contributed by atoms with Crippen molar-refractivity contribution >= 4 is 12.4 Å². The first-order valence-electron chi connectivity index (χ1n) is 8.28. The van der Waals surface area contributed by atoms with Gasteiger partial charge in [0.1, 0.15) is 0 Å². The minimum Gasteiger partial charge on any atom is -0.159 e. The van der Waals surface area contributed by atoms with Gasteiger partial charge >= 0.3 is 0 Å². The van der Waals surface area contributed by atoms with Gasteiger partial charge in [0.05, 0.1) is 12.4 Å². The zero-order valence-corrected chi connectivity index (χ0v) is 14.1. The molecule has 2 aromatic rings. The summed E-state index contributed by atoms with van der Waals surface area (Å²) in [5, 5.41) is 8.23. The molecule has 0 unspecified atom stereocenters. The van der Waals surface area contributed by atoms with Gasteiger partial charge < -0.3 is 0 Å². The van der Waals surface area contributed by atoms with Crippen molar-refractivity contribution in [1.82, 2.24) is 0 Å². The molecular formula is C22H24N2. The van der Waals surface area contributed by atoms with Gasteiger partial charge in [-0.3, -0.25) is 0 Å². The number of benzene rings is 2. The van der Waals surface area contributed by atoms with E-state index in [0.29, 0.717) is 0 Å². The van der Waals surface area contributed by atoms with E-state index >= 15 is 0 Å². The molecule has 0 N–H and O–H groups in total. The standard InChI is InChI=1S/C22H24N2/c1-3-5-7-19-9-13-21(14-10-19)17-23-24-18-22-15-11-20(12-16-22)8-6-4-2/h3-4,9-18H,1-2,5-8H2/b23-17-,24-18-. The molecule has 0 aliphatic carbocycles. The van der Waals surface area contributed by atoms with Crippen LogP contribution in [0.2, 0.25) is 0 Å². The molecule has 0 heterocycles. The van der Waals surface area contributed by atoms with Gasteiger partial charge in [0.2, 0.25) is 0 Å². The number of hydrogen-bond acceptors (Lipinski definition) is 2. The normalized spacial score (nSPS) is 11.2. The number of aryl methyl sites for hydroxylation is 2. The summed E-state index contributed by atoms with van der Waals surface area (Å²) in [7, 11) is 0. The Morgan fingerprint density at radius 3 is 1.33 bits per heavy atom. The highest BCUT2D eigenvalue weighted by Crippen LogP contribution is 2.07. The van der Waals surface area contributed by atoms with Crippen LogP contribution in [0.25, 0.3) is 0 Å². The van der Waals surface area contributed by atoms with Crippen molar-refractivity contribution in [1.29, 1.82) is 0 Å². The number of hydrogen-bond donors (Lipinski definition) is 0. The van der Waals surface area contributed by atoms with Crippen LogP contribution in [-0.4, -0.2) is 12.4 Å². The lowest BCUT2D eigenvalue weighted by atomic mass is 10.1. The highest BCUT2D eigenvalue weighted by atomic mass is 15.2. The molecule has 0 spiro atoms. The molecule has 0 aliphatic rings. The first kappa shape index (κ1) is 17.6. The van der Waals surface area contributed by atoms with Gasteiger partial charge in [0.25, 0.3) is 0 Å². The second kappa shape index (κ2) is 10.1. The fraction of sp³-hybridized carbons (Fsp3) is 0.182. The maximum atomic E-state index is 4.12. The van der Waals surface area contributed by atoms with Crippen LogP contribution >= 0.6 is 0 Å². The molecular weight excluding hydrogens is 292 g/mol. The number of rotatable bonds is 9. The van der Waals surface area contributed by atoms with Crippen molar-refractivity contribution in [2.75, 3.05) is 0 Å². The Balaban J connectivity index is 1.87. The Hall–Kier alpha value is -2.74. The molecule has 0 fully saturated rings. The second-order valence-corrected chi connectivity index (χ2v) is 5.63. The Morgan fingerprint density at radius 2 is 1.00 bits per heavy atom. The van der Waals surface area contributed by atoms with Crippen LogP contribution in [0.4, 0.5) is 0 Å². The minimum atomic E-state index is 1.00. The summed E-state index contributed by atoms with van der Waals surface area (Å²) in [6.07, 6.45) is 11.5. The molecule has 0 saturated carbocycles. The molecule has 0 aromatic heterocycles. The average Bonchev–Trinajstić information content (AvgIpc) is 2.64. The molecule has 24 heavy (non-hydrogen) atoms. The van der Waals surface area contributed by atoms with Gasteiger partial charge in [-0.15, -0.1) is 13.2 Å². The first-order valence-corrected chi connectivity index (χ1v) is 8.28. The van der Waals surface area contributed by atoms with Gasteiger partial charge in [-0.25, -0.2) is 0 Å². The Labute approximate surface area is 145 Å². The molecule has 2 heteroatoms. The summed E-state index contributed by atoms with van der Waals surface area (Å²) in [6.45, 7) is 7.49. The van der Waals surface area contributed by atoms with E-state index < -0.39 is 0 Å². The maximum Gasteiger partial charge on any atom is 0.0568 e. The van der Waals surface area contributed by atoms with Crippen molar-refractivity contribution in [3.8, 4) is 0 Å². The lowest BCUT2D eigenvalue weighted by Crippen LogP contribution is -1.86. The van der Waals surface area contributed by atoms with E-state index in [1.807, 2.05) is 12.2 Å². The fourth-order valence-corrected chi connectivity index (χ4v) is 2.28. The predicted octanol–water partition coefficient (Wildman–Crippen LogP) is 5.38. The van der Waals surface area contributed by atoms with E-state index in [9.17, 15) is 0 Å². The first-order chi connectivity index (χ1) is 11.8. The third-order valence-electron chi connectivity index (χ3n) is 3.71. The van der Waals surface area contributed by atoms with Gasteiger partial charge in [0.15, 0.2) is 0 Å². The largest absolute Gasteiger partial charge is 0.159 e. The van der Waals surface area contributed by atoms with E-state index in [1.54, 1.807) is 12.4 Å². The zero-order chi connectivity index (χ0) is 17.0. The van der Waals surface area contributed by atoms with Crippen molar-refractivity contribution in [2.45, 2.75) is 25.7 Å². The van der Waals surface area contributed by atoms with Crippen LogP contribution in [0.5, 0.6) is 0 Å². The topological polar surface area (TPSA) is 24.7 Å². The van der Waals surface area contributed by atoms with Crippen molar-refractivity contribution in [3.63, 3.8) is 0 Å². The SMILES string of the molecule is C=CCCc1ccc(/C=N\N=C/c2ccc(CCC=C)cc2)cc1. The quantitative estimate of drug-likeness (QED) is 0.337. The maximum absolute atomic E-state index is 4.12.